The molecule has 1 N–H and O–H groups in total. The van der Waals surface area contributed by atoms with Gasteiger partial charge in [-0.2, -0.15) is 0 Å². The Hall–Kier alpha value is -1.10. The number of rotatable bonds is 7. The Morgan fingerprint density at radius 3 is 2.35 bits per heavy atom. The third-order valence-electron chi connectivity index (χ3n) is 4.66. The van der Waals surface area contributed by atoms with Crippen molar-refractivity contribution in [3.05, 3.63) is 0 Å². The van der Waals surface area contributed by atoms with Gasteiger partial charge in [-0.25, -0.2) is 0 Å². The fraction of sp³-hybridized carbons (Fsp3) is 0.867. The van der Waals surface area contributed by atoms with Crippen molar-refractivity contribution in [2.45, 2.75) is 58.5 Å². The average Bonchev–Trinajstić information content (AvgIpc) is 2.47. The highest BCUT2D eigenvalue weighted by atomic mass is 16.5. The molecule has 5 heteroatoms. The Bertz CT molecular complexity index is 353. The zero-order valence-electron chi connectivity index (χ0n) is 13.4. The van der Waals surface area contributed by atoms with E-state index in [-0.39, 0.29) is 17.7 Å². The molecule has 2 unspecified atom stereocenters. The number of nitrogens with one attached hydrogen (secondary N) is 1. The van der Waals surface area contributed by atoms with Crippen molar-refractivity contribution in [2.24, 2.45) is 5.92 Å². The van der Waals surface area contributed by atoms with Gasteiger partial charge < -0.3 is 15.0 Å². The first kappa shape index (κ1) is 17.0. The molecule has 0 aliphatic carbocycles. The maximum absolute atomic E-state index is 12.8. The molecule has 1 rings (SSSR count). The minimum absolute atomic E-state index is 0.0245. The lowest BCUT2D eigenvalue weighted by Gasteiger charge is -2.48. The third-order valence-corrected chi connectivity index (χ3v) is 4.66. The van der Waals surface area contributed by atoms with Crippen LogP contribution < -0.4 is 5.32 Å². The standard InChI is InChI=1S/C15H28N2O3/c1-6-11(4)12-13(18)17(9-10-20-5)15(7-2,8-3)14(19)16-12/h11-12H,6-10H2,1-5H3,(H,16,19). The summed E-state index contributed by atoms with van der Waals surface area (Å²) in [6.45, 7) is 8.87. The van der Waals surface area contributed by atoms with E-state index in [2.05, 4.69) is 5.32 Å². The quantitative estimate of drug-likeness (QED) is 0.772. The van der Waals surface area contributed by atoms with Crippen molar-refractivity contribution in [1.29, 1.82) is 0 Å². The molecular formula is C15H28N2O3. The van der Waals surface area contributed by atoms with Gasteiger partial charge in [-0.05, 0) is 18.8 Å². The second-order valence-corrected chi connectivity index (χ2v) is 5.56. The van der Waals surface area contributed by atoms with Gasteiger partial charge in [0.05, 0.1) is 6.61 Å². The molecule has 0 aromatic carbocycles. The topological polar surface area (TPSA) is 58.6 Å². The van der Waals surface area contributed by atoms with Gasteiger partial charge in [-0.1, -0.05) is 34.1 Å². The van der Waals surface area contributed by atoms with Crippen LogP contribution in [0.5, 0.6) is 0 Å². The van der Waals surface area contributed by atoms with Gasteiger partial charge in [0.1, 0.15) is 11.6 Å². The Labute approximate surface area is 122 Å². The summed E-state index contributed by atoms with van der Waals surface area (Å²) in [7, 11) is 1.61. The maximum atomic E-state index is 12.8. The highest BCUT2D eigenvalue weighted by Gasteiger charge is 2.50. The molecule has 0 radical (unpaired) electrons. The Morgan fingerprint density at radius 1 is 1.30 bits per heavy atom. The molecule has 2 amide bonds. The van der Waals surface area contributed by atoms with Gasteiger partial charge in [-0.15, -0.1) is 0 Å². The van der Waals surface area contributed by atoms with E-state index in [1.54, 1.807) is 12.0 Å². The average molecular weight is 284 g/mol. The molecule has 0 saturated carbocycles. The van der Waals surface area contributed by atoms with E-state index in [4.69, 9.17) is 4.74 Å². The van der Waals surface area contributed by atoms with Crippen LogP contribution in [0, 0.1) is 5.92 Å². The molecule has 0 spiro atoms. The number of carbonyl (C=O) groups excluding carboxylic acids is 2. The zero-order valence-corrected chi connectivity index (χ0v) is 13.4. The monoisotopic (exact) mass is 284 g/mol. The SMILES string of the molecule is CCC(C)C1NC(=O)C(CC)(CC)N(CCOC)C1=O. The van der Waals surface area contributed by atoms with E-state index in [1.165, 1.54) is 0 Å². The minimum Gasteiger partial charge on any atom is -0.383 e. The molecule has 1 aliphatic heterocycles. The number of nitrogens with zero attached hydrogens (tertiary/aromatic N) is 1. The van der Waals surface area contributed by atoms with Crippen LogP contribution in [0.25, 0.3) is 0 Å². The second-order valence-electron chi connectivity index (χ2n) is 5.56. The van der Waals surface area contributed by atoms with Crippen molar-refractivity contribution < 1.29 is 14.3 Å². The van der Waals surface area contributed by atoms with Crippen LogP contribution in [0.15, 0.2) is 0 Å². The van der Waals surface area contributed by atoms with Crippen molar-refractivity contribution in [1.82, 2.24) is 10.2 Å². The first-order valence-electron chi connectivity index (χ1n) is 7.59. The molecule has 116 valence electrons. The highest BCUT2D eigenvalue weighted by molar-refractivity contribution is 6.00. The van der Waals surface area contributed by atoms with Gasteiger partial charge in [0, 0.05) is 13.7 Å². The number of methoxy groups -OCH3 is 1. The van der Waals surface area contributed by atoms with Gasteiger partial charge in [0.2, 0.25) is 11.8 Å². The van der Waals surface area contributed by atoms with E-state index in [9.17, 15) is 9.59 Å². The lowest BCUT2D eigenvalue weighted by Crippen LogP contribution is -2.71. The normalized spacial score (nSPS) is 23.6. The second kappa shape index (κ2) is 7.07. The summed E-state index contributed by atoms with van der Waals surface area (Å²) in [5, 5.41) is 2.95. The molecule has 5 nitrogen and oxygen atoms in total. The number of ether oxygens (including phenoxy) is 1. The van der Waals surface area contributed by atoms with Crippen LogP contribution in [0.3, 0.4) is 0 Å². The van der Waals surface area contributed by atoms with Gasteiger partial charge in [-0.3, -0.25) is 9.59 Å². The Morgan fingerprint density at radius 2 is 1.90 bits per heavy atom. The summed E-state index contributed by atoms with van der Waals surface area (Å²) in [5.74, 6) is 0.145. The number of amides is 2. The third kappa shape index (κ3) is 2.82. The summed E-state index contributed by atoms with van der Waals surface area (Å²) in [4.78, 5) is 27.1. The number of carbonyl (C=O) groups is 2. The van der Waals surface area contributed by atoms with Crippen molar-refractivity contribution in [3.63, 3.8) is 0 Å². The predicted octanol–water partition coefficient (Wildman–Crippen LogP) is 1.56. The van der Waals surface area contributed by atoms with E-state index in [1.807, 2.05) is 27.7 Å². The van der Waals surface area contributed by atoms with Crippen LogP contribution >= 0.6 is 0 Å². The van der Waals surface area contributed by atoms with Crippen LogP contribution in [-0.4, -0.2) is 48.6 Å². The summed E-state index contributed by atoms with van der Waals surface area (Å²) in [6, 6.07) is -0.407. The van der Waals surface area contributed by atoms with Gasteiger partial charge in [0.15, 0.2) is 0 Å². The van der Waals surface area contributed by atoms with Crippen molar-refractivity contribution in [3.8, 4) is 0 Å². The lowest BCUT2D eigenvalue weighted by molar-refractivity contribution is -0.160. The smallest absolute Gasteiger partial charge is 0.246 e. The van der Waals surface area contributed by atoms with Gasteiger partial charge in [0.25, 0.3) is 0 Å². The van der Waals surface area contributed by atoms with Gasteiger partial charge >= 0.3 is 0 Å². The van der Waals surface area contributed by atoms with E-state index >= 15 is 0 Å². The molecule has 1 heterocycles. The number of hydrogen-bond acceptors (Lipinski definition) is 3. The molecule has 20 heavy (non-hydrogen) atoms. The Balaban J connectivity index is 3.10. The first-order valence-corrected chi connectivity index (χ1v) is 7.59. The zero-order chi connectivity index (χ0) is 15.3. The molecule has 2 atom stereocenters. The summed E-state index contributed by atoms with van der Waals surface area (Å²) >= 11 is 0. The Kier molecular flexibility index (Phi) is 5.99. The number of hydrogen-bond donors (Lipinski definition) is 1. The van der Waals surface area contributed by atoms with Crippen molar-refractivity contribution >= 4 is 11.8 Å². The van der Waals surface area contributed by atoms with Crippen LogP contribution in [-0.2, 0) is 14.3 Å². The lowest BCUT2D eigenvalue weighted by atomic mass is 9.83. The van der Waals surface area contributed by atoms with Crippen LogP contribution in [0.2, 0.25) is 0 Å². The van der Waals surface area contributed by atoms with Crippen LogP contribution in [0.1, 0.15) is 47.0 Å². The molecule has 1 fully saturated rings. The maximum Gasteiger partial charge on any atom is 0.246 e. The number of piperazine rings is 1. The van der Waals surface area contributed by atoms with E-state index < -0.39 is 11.6 Å². The fourth-order valence-electron chi connectivity index (χ4n) is 2.92. The molecular weight excluding hydrogens is 256 g/mol. The summed E-state index contributed by atoms with van der Waals surface area (Å²) in [5.41, 5.74) is -0.723. The largest absolute Gasteiger partial charge is 0.383 e. The molecule has 0 aromatic rings. The highest BCUT2D eigenvalue weighted by Crippen LogP contribution is 2.30. The van der Waals surface area contributed by atoms with Crippen LogP contribution in [0.4, 0.5) is 0 Å². The molecule has 1 aliphatic rings. The summed E-state index contributed by atoms with van der Waals surface area (Å²) < 4.78 is 5.11. The van der Waals surface area contributed by atoms with E-state index in [0.29, 0.717) is 26.0 Å². The summed E-state index contributed by atoms with van der Waals surface area (Å²) in [6.07, 6.45) is 2.11. The first-order chi connectivity index (χ1) is 9.48. The minimum atomic E-state index is -0.723. The molecule has 0 bridgehead atoms. The van der Waals surface area contributed by atoms with E-state index in [0.717, 1.165) is 6.42 Å². The molecule has 1 saturated heterocycles. The fourth-order valence-corrected chi connectivity index (χ4v) is 2.92. The molecule has 0 aromatic heterocycles. The predicted molar refractivity (Wildman–Crippen MR) is 78.3 cm³/mol. The van der Waals surface area contributed by atoms with Crippen molar-refractivity contribution in [2.75, 3.05) is 20.3 Å².